The molecule has 1 saturated heterocycles. The normalized spacial score (nSPS) is 21.4. The van der Waals surface area contributed by atoms with Crippen LogP contribution in [-0.4, -0.2) is 42.6 Å². The Morgan fingerprint density at radius 2 is 2.35 bits per heavy atom. The molecule has 1 heterocycles. The van der Waals surface area contributed by atoms with E-state index in [1.807, 2.05) is 7.05 Å². The Labute approximate surface area is 109 Å². The van der Waals surface area contributed by atoms with E-state index in [0.717, 1.165) is 5.25 Å². The predicted molar refractivity (Wildman–Crippen MR) is 78.1 cm³/mol. The van der Waals surface area contributed by atoms with E-state index in [2.05, 4.69) is 53.2 Å². The quantitative estimate of drug-likeness (QED) is 0.884. The molecule has 17 heavy (non-hydrogen) atoms. The van der Waals surface area contributed by atoms with E-state index in [9.17, 15) is 0 Å². The van der Waals surface area contributed by atoms with E-state index >= 15 is 0 Å². The molecule has 1 aliphatic heterocycles. The summed E-state index contributed by atoms with van der Waals surface area (Å²) in [5.41, 5.74) is 2.67. The highest BCUT2D eigenvalue weighted by Crippen LogP contribution is 2.23. The van der Waals surface area contributed by atoms with Crippen molar-refractivity contribution in [2.24, 2.45) is 0 Å². The first-order valence-electron chi connectivity index (χ1n) is 6.42. The molecular formula is C14H22N2S. The smallest absolute Gasteiger partial charge is 0.0340 e. The molecule has 0 spiro atoms. The fraction of sp³-hybridized carbons (Fsp3) is 0.571. The molecule has 0 saturated carbocycles. The number of rotatable bonds is 4. The summed E-state index contributed by atoms with van der Waals surface area (Å²) in [6, 6.07) is 8.78. The predicted octanol–water partition coefficient (Wildman–Crippen LogP) is 2.71. The Hall–Kier alpha value is -0.670. The minimum Gasteiger partial charge on any atom is -0.388 e. The first kappa shape index (κ1) is 12.8. The summed E-state index contributed by atoms with van der Waals surface area (Å²) in [5, 5.41) is 3.97. The Morgan fingerprint density at radius 1 is 1.47 bits per heavy atom. The summed E-state index contributed by atoms with van der Waals surface area (Å²) < 4.78 is 0. The molecule has 2 nitrogen and oxygen atoms in total. The maximum atomic E-state index is 3.21. The third kappa shape index (κ3) is 3.65. The van der Waals surface area contributed by atoms with Crippen molar-refractivity contribution in [3.05, 3.63) is 29.8 Å². The van der Waals surface area contributed by atoms with Gasteiger partial charge in [-0.3, -0.25) is 0 Å². The minimum atomic E-state index is 0.760. The van der Waals surface area contributed by atoms with E-state index in [1.165, 1.54) is 43.1 Å². The van der Waals surface area contributed by atoms with Crippen molar-refractivity contribution in [2.75, 3.05) is 37.8 Å². The van der Waals surface area contributed by atoms with Crippen molar-refractivity contribution in [1.82, 2.24) is 4.90 Å². The summed E-state index contributed by atoms with van der Waals surface area (Å²) in [6.07, 6.45) is 1.19. The van der Waals surface area contributed by atoms with Crippen LogP contribution < -0.4 is 5.32 Å². The van der Waals surface area contributed by atoms with Gasteiger partial charge in [-0.05, 0) is 30.7 Å². The second-order valence-electron chi connectivity index (χ2n) is 4.54. The molecule has 1 N–H and O–H groups in total. The van der Waals surface area contributed by atoms with Crippen LogP contribution in [0.3, 0.4) is 0 Å². The molecular weight excluding hydrogens is 228 g/mol. The van der Waals surface area contributed by atoms with Crippen molar-refractivity contribution >= 4 is 17.4 Å². The van der Waals surface area contributed by atoms with Crippen LogP contribution >= 0.6 is 11.8 Å². The zero-order valence-corrected chi connectivity index (χ0v) is 11.6. The summed E-state index contributed by atoms with van der Waals surface area (Å²) in [5.74, 6) is 1.28. The van der Waals surface area contributed by atoms with Crippen molar-refractivity contribution in [3.63, 3.8) is 0 Å². The molecule has 3 heteroatoms. The highest BCUT2D eigenvalue weighted by molar-refractivity contribution is 8.00. The average Bonchev–Trinajstić information content (AvgIpc) is 2.39. The highest BCUT2D eigenvalue weighted by Gasteiger charge is 2.19. The van der Waals surface area contributed by atoms with Crippen molar-refractivity contribution in [2.45, 2.75) is 18.6 Å². The maximum Gasteiger partial charge on any atom is 0.0340 e. The molecule has 1 aliphatic rings. The second kappa shape index (κ2) is 6.31. The Balaban J connectivity index is 1.95. The van der Waals surface area contributed by atoms with E-state index in [-0.39, 0.29) is 0 Å². The number of hydrogen-bond donors (Lipinski definition) is 1. The molecule has 1 aromatic carbocycles. The van der Waals surface area contributed by atoms with Crippen LogP contribution in [0.25, 0.3) is 0 Å². The van der Waals surface area contributed by atoms with Gasteiger partial charge in [0.15, 0.2) is 0 Å². The van der Waals surface area contributed by atoms with E-state index in [1.54, 1.807) is 0 Å². The number of thioether (sulfide) groups is 1. The number of anilines is 1. The van der Waals surface area contributed by atoms with Crippen LogP contribution in [0.15, 0.2) is 24.3 Å². The van der Waals surface area contributed by atoms with Crippen LogP contribution in [0.2, 0.25) is 0 Å². The van der Waals surface area contributed by atoms with Gasteiger partial charge in [0, 0.05) is 36.8 Å². The zero-order valence-electron chi connectivity index (χ0n) is 10.8. The van der Waals surface area contributed by atoms with Gasteiger partial charge < -0.3 is 10.2 Å². The standard InChI is InChI=1S/C14H22N2S/c1-3-16-7-8-17-14(11-16)10-12-5-4-6-13(9-12)15-2/h4-6,9,14-15H,3,7-8,10-11H2,1-2H3. The van der Waals surface area contributed by atoms with Crippen LogP contribution in [0, 0.1) is 0 Å². The first-order valence-corrected chi connectivity index (χ1v) is 7.47. The average molecular weight is 250 g/mol. The van der Waals surface area contributed by atoms with Crippen LogP contribution in [0.4, 0.5) is 5.69 Å². The largest absolute Gasteiger partial charge is 0.388 e. The number of hydrogen-bond acceptors (Lipinski definition) is 3. The summed E-state index contributed by atoms with van der Waals surface area (Å²) in [4.78, 5) is 2.56. The topological polar surface area (TPSA) is 15.3 Å². The molecule has 1 atom stereocenters. The zero-order chi connectivity index (χ0) is 12.1. The molecule has 0 aromatic heterocycles. The highest BCUT2D eigenvalue weighted by atomic mass is 32.2. The van der Waals surface area contributed by atoms with E-state index < -0.39 is 0 Å². The van der Waals surface area contributed by atoms with Gasteiger partial charge in [0.25, 0.3) is 0 Å². The van der Waals surface area contributed by atoms with Gasteiger partial charge >= 0.3 is 0 Å². The van der Waals surface area contributed by atoms with Crippen molar-refractivity contribution in [1.29, 1.82) is 0 Å². The Morgan fingerprint density at radius 3 is 3.12 bits per heavy atom. The van der Waals surface area contributed by atoms with E-state index in [4.69, 9.17) is 0 Å². The van der Waals surface area contributed by atoms with Crippen molar-refractivity contribution in [3.8, 4) is 0 Å². The Kier molecular flexibility index (Phi) is 4.75. The SMILES string of the molecule is CCN1CCSC(Cc2cccc(NC)c2)C1. The molecule has 0 bridgehead atoms. The summed E-state index contributed by atoms with van der Waals surface area (Å²) in [6.45, 7) is 5.95. The third-order valence-electron chi connectivity index (χ3n) is 3.35. The minimum absolute atomic E-state index is 0.760. The summed E-state index contributed by atoms with van der Waals surface area (Å²) >= 11 is 2.13. The fourth-order valence-corrected chi connectivity index (χ4v) is 3.63. The first-order chi connectivity index (χ1) is 8.31. The van der Waals surface area contributed by atoms with E-state index in [0.29, 0.717) is 0 Å². The second-order valence-corrected chi connectivity index (χ2v) is 5.95. The molecule has 2 rings (SSSR count). The third-order valence-corrected chi connectivity index (χ3v) is 4.55. The number of nitrogens with one attached hydrogen (secondary N) is 1. The molecule has 0 amide bonds. The van der Waals surface area contributed by atoms with Gasteiger partial charge in [-0.2, -0.15) is 11.8 Å². The van der Waals surface area contributed by atoms with Crippen LogP contribution in [0.5, 0.6) is 0 Å². The molecule has 94 valence electrons. The van der Waals surface area contributed by atoms with Crippen LogP contribution in [-0.2, 0) is 6.42 Å². The van der Waals surface area contributed by atoms with Gasteiger partial charge in [-0.1, -0.05) is 19.1 Å². The number of nitrogens with zero attached hydrogens (tertiary/aromatic N) is 1. The molecule has 0 radical (unpaired) electrons. The lowest BCUT2D eigenvalue weighted by atomic mass is 10.1. The lowest BCUT2D eigenvalue weighted by Crippen LogP contribution is -2.38. The monoisotopic (exact) mass is 250 g/mol. The molecule has 0 aliphatic carbocycles. The van der Waals surface area contributed by atoms with Gasteiger partial charge in [0.1, 0.15) is 0 Å². The molecule has 1 fully saturated rings. The summed E-state index contributed by atoms with van der Waals surface area (Å²) in [7, 11) is 1.98. The van der Waals surface area contributed by atoms with Crippen molar-refractivity contribution < 1.29 is 0 Å². The van der Waals surface area contributed by atoms with Gasteiger partial charge in [0.05, 0.1) is 0 Å². The van der Waals surface area contributed by atoms with Gasteiger partial charge in [0.2, 0.25) is 0 Å². The lowest BCUT2D eigenvalue weighted by molar-refractivity contribution is 0.297. The molecule has 1 unspecified atom stereocenters. The fourth-order valence-electron chi connectivity index (χ4n) is 2.31. The maximum absolute atomic E-state index is 3.21. The number of benzene rings is 1. The van der Waals surface area contributed by atoms with Gasteiger partial charge in [-0.25, -0.2) is 0 Å². The van der Waals surface area contributed by atoms with Gasteiger partial charge in [-0.15, -0.1) is 0 Å². The lowest BCUT2D eigenvalue weighted by Gasteiger charge is -2.31. The van der Waals surface area contributed by atoms with Crippen LogP contribution in [0.1, 0.15) is 12.5 Å². The Bertz CT molecular complexity index is 354. The molecule has 1 aromatic rings.